The smallest absolute Gasteiger partial charge is 0.251 e. The Hall–Kier alpha value is -3.78. The maximum atomic E-state index is 14.2. The van der Waals surface area contributed by atoms with Crippen molar-refractivity contribution in [1.82, 2.24) is 10.3 Å². The highest BCUT2D eigenvalue weighted by Crippen LogP contribution is 2.36. The van der Waals surface area contributed by atoms with Crippen molar-refractivity contribution >= 4 is 33.1 Å². The van der Waals surface area contributed by atoms with E-state index in [1.807, 2.05) is 24.4 Å². The predicted molar refractivity (Wildman–Crippen MR) is 131 cm³/mol. The molecule has 6 nitrogen and oxygen atoms in total. The highest BCUT2D eigenvalue weighted by molar-refractivity contribution is 7.17. The van der Waals surface area contributed by atoms with Crippen LogP contribution in [0.4, 0.5) is 4.39 Å². The van der Waals surface area contributed by atoms with Crippen LogP contribution < -0.4 is 14.8 Å². The van der Waals surface area contributed by atoms with Crippen LogP contribution in [0.25, 0.3) is 21.3 Å². The Morgan fingerprint density at radius 3 is 2.59 bits per heavy atom. The molecule has 0 saturated heterocycles. The topological polar surface area (TPSA) is 77.5 Å². The van der Waals surface area contributed by atoms with Crippen molar-refractivity contribution in [1.29, 1.82) is 0 Å². The number of aryl methyl sites for hydroxylation is 1. The van der Waals surface area contributed by atoms with Crippen LogP contribution in [-0.2, 0) is 6.42 Å². The molecule has 2 heterocycles. The molecule has 0 fully saturated rings. The van der Waals surface area contributed by atoms with E-state index in [0.717, 1.165) is 16.5 Å². The predicted octanol–water partition coefficient (Wildman–Crippen LogP) is 5.29. The first-order valence-corrected chi connectivity index (χ1v) is 11.5. The molecule has 0 spiro atoms. The van der Waals surface area contributed by atoms with E-state index in [1.54, 1.807) is 30.3 Å². The Kier molecular flexibility index (Phi) is 6.88. The minimum absolute atomic E-state index is 0.218. The summed E-state index contributed by atoms with van der Waals surface area (Å²) < 4.78 is 25.2. The number of nitrogens with one attached hydrogen (secondary N) is 1. The fourth-order valence-corrected chi connectivity index (χ4v) is 4.66. The summed E-state index contributed by atoms with van der Waals surface area (Å²) in [4.78, 5) is 30.0. The lowest BCUT2D eigenvalue weighted by Crippen LogP contribution is -2.30. The largest absolute Gasteiger partial charge is 0.493 e. The number of pyridine rings is 1. The summed E-state index contributed by atoms with van der Waals surface area (Å²) in [5.74, 6) is -0.106. The second kappa shape index (κ2) is 10.0. The van der Waals surface area contributed by atoms with Crippen molar-refractivity contribution in [3.8, 4) is 22.8 Å². The molecule has 0 saturated carbocycles. The second-order valence-electron chi connectivity index (χ2n) is 7.50. The standard InChI is InChI=1S/C26H23FN2O4S/c1-4-15-8-10-20(29-24(15)18-14-34-25-17(18)6-5-7-19(25)27)21(30)13-28-26(31)16-9-11-22(32-2)23(12-16)33-3/h5-12,14H,4,13H2,1-3H3,(H,28,31). The van der Waals surface area contributed by atoms with Gasteiger partial charge in [-0.15, -0.1) is 11.3 Å². The Bertz CT molecular complexity index is 1380. The van der Waals surface area contributed by atoms with E-state index in [2.05, 4.69) is 10.3 Å². The molecule has 2 aromatic carbocycles. The molecule has 1 N–H and O–H groups in total. The number of nitrogens with zero attached hydrogens (tertiary/aromatic N) is 1. The molecule has 0 unspecified atom stereocenters. The van der Waals surface area contributed by atoms with Crippen LogP contribution in [0.5, 0.6) is 11.5 Å². The number of halogens is 1. The van der Waals surface area contributed by atoms with Crippen molar-refractivity contribution in [2.75, 3.05) is 20.8 Å². The van der Waals surface area contributed by atoms with Crippen LogP contribution in [0.1, 0.15) is 33.3 Å². The fraction of sp³-hybridized carbons (Fsp3) is 0.192. The van der Waals surface area contributed by atoms with E-state index in [4.69, 9.17) is 9.47 Å². The zero-order chi connectivity index (χ0) is 24.2. The summed E-state index contributed by atoms with van der Waals surface area (Å²) in [6.07, 6.45) is 0.708. The highest BCUT2D eigenvalue weighted by Gasteiger charge is 2.18. The van der Waals surface area contributed by atoms with Crippen molar-refractivity contribution < 1.29 is 23.5 Å². The van der Waals surface area contributed by atoms with Gasteiger partial charge in [-0.05, 0) is 42.3 Å². The molecule has 0 aliphatic carbocycles. The lowest BCUT2D eigenvalue weighted by atomic mass is 10.0. The number of carbonyl (C=O) groups excluding carboxylic acids is 2. The maximum absolute atomic E-state index is 14.2. The van der Waals surface area contributed by atoms with Gasteiger partial charge in [0.25, 0.3) is 5.91 Å². The molecule has 0 radical (unpaired) electrons. The van der Waals surface area contributed by atoms with E-state index in [0.29, 0.717) is 33.9 Å². The van der Waals surface area contributed by atoms with Crippen molar-refractivity contribution in [3.05, 3.63) is 76.5 Å². The molecule has 0 bridgehead atoms. The highest BCUT2D eigenvalue weighted by atomic mass is 32.1. The van der Waals surface area contributed by atoms with Crippen LogP contribution in [0.15, 0.2) is 53.9 Å². The average Bonchev–Trinajstić information content (AvgIpc) is 3.31. The molecule has 34 heavy (non-hydrogen) atoms. The lowest BCUT2D eigenvalue weighted by Gasteiger charge is -2.11. The first-order valence-electron chi connectivity index (χ1n) is 10.7. The van der Waals surface area contributed by atoms with Gasteiger partial charge >= 0.3 is 0 Å². The van der Waals surface area contributed by atoms with Crippen molar-refractivity contribution in [2.45, 2.75) is 13.3 Å². The molecule has 1 amide bonds. The van der Waals surface area contributed by atoms with Gasteiger partial charge in [-0.3, -0.25) is 9.59 Å². The molecule has 0 aliphatic rings. The molecule has 2 aromatic heterocycles. The van der Waals surface area contributed by atoms with E-state index in [1.165, 1.54) is 31.6 Å². The van der Waals surface area contributed by atoms with Crippen LogP contribution in [-0.4, -0.2) is 37.4 Å². The number of carbonyl (C=O) groups is 2. The SMILES string of the molecule is CCc1ccc(C(=O)CNC(=O)c2ccc(OC)c(OC)c2)nc1-c1csc2c(F)cccc12. The summed E-state index contributed by atoms with van der Waals surface area (Å²) >= 11 is 1.31. The van der Waals surface area contributed by atoms with Gasteiger partial charge in [0, 0.05) is 21.9 Å². The maximum Gasteiger partial charge on any atom is 0.251 e. The van der Waals surface area contributed by atoms with Gasteiger partial charge in [0.2, 0.25) is 0 Å². The normalized spacial score (nSPS) is 10.8. The lowest BCUT2D eigenvalue weighted by molar-refractivity contribution is 0.0902. The average molecular weight is 479 g/mol. The third-order valence-corrected chi connectivity index (χ3v) is 6.51. The van der Waals surface area contributed by atoms with Gasteiger partial charge in [0.1, 0.15) is 11.5 Å². The number of benzene rings is 2. The van der Waals surface area contributed by atoms with E-state index in [9.17, 15) is 14.0 Å². The quantitative estimate of drug-likeness (QED) is 0.348. The van der Waals surface area contributed by atoms with Gasteiger partial charge in [-0.25, -0.2) is 9.37 Å². The molecule has 174 valence electrons. The first-order chi connectivity index (χ1) is 16.5. The monoisotopic (exact) mass is 478 g/mol. The zero-order valence-electron chi connectivity index (χ0n) is 19.0. The third-order valence-electron chi connectivity index (χ3n) is 5.51. The molecular formula is C26H23FN2O4S. The minimum Gasteiger partial charge on any atom is -0.493 e. The number of fused-ring (bicyclic) bond motifs is 1. The van der Waals surface area contributed by atoms with Gasteiger partial charge in [-0.2, -0.15) is 0 Å². The van der Waals surface area contributed by atoms with E-state index < -0.39 is 5.91 Å². The number of hydrogen-bond acceptors (Lipinski definition) is 6. The molecule has 4 rings (SSSR count). The number of Topliss-reactive ketones (excluding diaryl/α,β-unsaturated/α-hetero) is 1. The van der Waals surface area contributed by atoms with Crippen LogP contribution in [0.2, 0.25) is 0 Å². The fourth-order valence-electron chi connectivity index (χ4n) is 3.70. The Balaban J connectivity index is 1.56. The number of methoxy groups -OCH3 is 2. The molecule has 8 heteroatoms. The Morgan fingerprint density at radius 2 is 1.85 bits per heavy atom. The summed E-state index contributed by atoms with van der Waals surface area (Å²) in [6.45, 7) is 1.78. The number of amides is 1. The summed E-state index contributed by atoms with van der Waals surface area (Å²) in [6, 6.07) is 13.2. The number of thiophene rings is 1. The zero-order valence-corrected chi connectivity index (χ0v) is 19.8. The van der Waals surface area contributed by atoms with Gasteiger partial charge in [-0.1, -0.05) is 25.1 Å². The number of hydrogen-bond donors (Lipinski definition) is 1. The third kappa shape index (κ3) is 4.49. The van der Waals surface area contributed by atoms with Gasteiger partial charge in [0.15, 0.2) is 17.3 Å². The summed E-state index contributed by atoms with van der Waals surface area (Å²) in [5.41, 5.74) is 2.97. The number of aromatic nitrogens is 1. The second-order valence-corrected chi connectivity index (χ2v) is 8.38. The van der Waals surface area contributed by atoms with Crippen molar-refractivity contribution in [2.24, 2.45) is 0 Å². The van der Waals surface area contributed by atoms with Crippen LogP contribution >= 0.6 is 11.3 Å². The van der Waals surface area contributed by atoms with Gasteiger partial charge < -0.3 is 14.8 Å². The molecule has 0 atom stereocenters. The molecular weight excluding hydrogens is 455 g/mol. The summed E-state index contributed by atoms with van der Waals surface area (Å²) in [7, 11) is 2.99. The van der Waals surface area contributed by atoms with Gasteiger partial charge in [0.05, 0.1) is 31.2 Å². The molecule has 0 aliphatic heterocycles. The van der Waals surface area contributed by atoms with E-state index in [-0.39, 0.29) is 23.8 Å². The Morgan fingerprint density at radius 1 is 1.06 bits per heavy atom. The number of ketones is 1. The summed E-state index contributed by atoms with van der Waals surface area (Å²) in [5, 5.41) is 5.26. The molecule has 4 aromatic rings. The number of rotatable bonds is 8. The van der Waals surface area contributed by atoms with Crippen molar-refractivity contribution in [3.63, 3.8) is 0 Å². The van der Waals surface area contributed by atoms with Crippen LogP contribution in [0, 0.1) is 5.82 Å². The minimum atomic E-state index is -0.418. The van der Waals surface area contributed by atoms with E-state index >= 15 is 0 Å². The number of ether oxygens (including phenoxy) is 2. The first kappa shape index (κ1) is 23.4. The Labute approximate surface area is 200 Å². The van der Waals surface area contributed by atoms with Crippen LogP contribution in [0.3, 0.4) is 0 Å².